The molecule has 1 aliphatic carbocycles. The summed E-state index contributed by atoms with van der Waals surface area (Å²) in [4.78, 5) is 40.0. The average molecular weight is 615 g/mol. The van der Waals surface area contributed by atoms with E-state index in [1.54, 1.807) is 11.3 Å². The third-order valence-corrected chi connectivity index (χ3v) is 8.69. The molecule has 0 radical (unpaired) electrons. The average Bonchev–Trinajstić information content (AvgIpc) is 3.45. The molecule has 3 atom stereocenters. The summed E-state index contributed by atoms with van der Waals surface area (Å²) < 4.78 is 33.7. The molecule has 0 spiro atoms. The number of aromatic amines is 1. The molecule has 2 aromatic heterocycles. The van der Waals surface area contributed by atoms with Crippen molar-refractivity contribution in [1.29, 1.82) is 0 Å². The van der Waals surface area contributed by atoms with Gasteiger partial charge in [0.15, 0.2) is 0 Å². The lowest BCUT2D eigenvalue weighted by atomic mass is 10.0. The highest BCUT2D eigenvalue weighted by Gasteiger charge is 2.44. The molecule has 0 unspecified atom stereocenters. The first-order valence-corrected chi connectivity index (χ1v) is 15.1. The van der Waals surface area contributed by atoms with Crippen LogP contribution in [0.25, 0.3) is 22.2 Å². The minimum Gasteiger partial charge on any atom is -0.475 e. The second kappa shape index (κ2) is 12.8. The Morgan fingerprint density at radius 1 is 1.09 bits per heavy atom. The van der Waals surface area contributed by atoms with E-state index in [2.05, 4.69) is 69.3 Å². The van der Waals surface area contributed by atoms with E-state index in [1.165, 1.54) is 11.1 Å². The van der Waals surface area contributed by atoms with E-state index in [-0.39, 0.29) is 29.6 Å². The topological polar surface area (TPSA) is 107 Å². The molecule has 12 heteroatoms. The molecule has 1 saturated carbocycles. The van der Waals surface area contributed by atoms with Gasteiger partial charge in [-0.1, -0.05) is 36.4 Å². The SMILES string of the molecule is C[C@@H](CN1CCC(n2c(=O)[nH]c3cc(-c4ccsc4)ccc32)CC1)NC(=O)[C@H]1C[C@@H]1c1ccccc1.O=C(O)C(F)(F)F. The van der Waals surface area contributed by atoms with E-state index >= 15 is 0 Å². The van der Waals surface area contributed by atoms with E-state index in [9.17, 15) is 22.8 Å². The van der Waals surface area contributed by atoms with Crippen LogP contribution in [0.2, 0.25) is 0 Å². The number of nitrogens with zero attached hydrogens (tertiary/aromatic N) is 2. The number of nitrogens with one attached hydrogen (secondary N) is 2. The van der Waals surface area contributed by atoms with Gasteiger partial charge in [0.25, 0.3) is 0 Å². The predicted molar refractivity (Wildman–Crippen MR) is 159 cm³/mol. The first kappa shape index (κ1) is 30.6. The van der Waals surface area contributed by atoms with Gasteiger partial charge in [-0.15, -0.1) is 0 Å². The van der Waals surface area contributed by atoms with Crippen LogP contribution in [0.3, 0.4) is 0 Å². The van der Waals surface area contributed by atoms with Crippen LogP contribution in [0.5, 0.6) is 0 Å². The number of carboxylic acids is 1. The van der Waals surface area contributed by atoms with E-state index < -0.39 is 12.1 Å². The largest absolute Gasteiger partial charge is 0.490 e. The van der Waals surface area contributed by atoms with Gasteiger partial charge < -0.3 is 20.3 Å². The Bertz CT molecular complexity index is 1610. The van der Waals surface area contributed by atoms with Crippen molar-refractivity contribution in [3.8, 4) is 11.1 Å². The number of thiophene rings is 1. The zero-order valence-electron chi connectivity index (χ0n) is 23.5. The maximum atomic E-state index is 12.9. The zero-order chi connectivity index (χ0) is 30.7. The number of H-pyrrole nitrogens is 1. The van der Waals surface area contributed by atoms with Crippen molar-refractivity contribution < 1.29 is 27.9 Å². The van der Waals surface area contributed by atoms with Crippen LogP contribution >= 0.6 is 11.3 Å². The molecule has 2 fully saturated rings. The van der Waals surface area contributed by atoms with Crippen molar-refractivity contribution in [3.63, 3.8) is 0 Å². The Hall–Kier alpha value is -3.90. The number of aliphatic carboxylic acids is 1. The third-order valence-electron chi connectivity index (χ3n) is 8.01. The van der Waals surface area contributed by atoms with Gasteiger partial charge in [-0.05, 0) is 77.8 Å². The Morgan fingerprint density at radius 3 is 2.42 bits per heavy atom. The van der Waals surface area contributed by atoms with Gasteiger partial charge in [0.05, 0.1) is 11.0 Å². The van der Waals surface area contributed by atoms with Gasteiger partial charge in [-0.3, -0.25) is 9.36 Å². The van der Waals surface area contributed by atoms with Crippen LogP contribution < -0.4 is 11.0 Å². The predicted octanol–water partition coefficient (Wildman–Crippen LogP) is 5.64. The molecular formula is C31H33F3N4O4S. The number of aromatic nitrogens is 2. The number of rotatable bonds is 7. The summed E-state index contributed by atoms with van der Waals surface area (Å²) in [6, 6.07) is 19.0. The van der Waals surface area contributed by atoms with E-state index in [1.807, 2.05) is 22.8 Å². The van der Waals surface area contributed by atoms with Crippen LogP contribution in [0.15, 0.2) is 70.2 Å². The van der Waals surface area contributed by atoms with Gasteiger partial charge in [0.2, 0.25) is 5.91 Å². The highest BCUT2D eigenvalue weighted by Crippen LogP contribution is 2.47. The van der Waals surface area contributed by atoms with Crippen molar-refractivity contribution in [2.75, 3.05) is 19.6 Å². The number of halogens is 3. The number of carboxylic acid groups (broad SMARTS) is 1. The standard InChI is InChI=1S/C29H32N4O2S.C2HF3O2/c1-19(30-28(34)25-16-24(25)20-5-3-2-4-6-20)17-32-12-9-23(10-13-32)33-27-8-7-21(22-11-14-36-18-22)15-26(27)31-29(33)35;3-2(4,5)1(6)7/h2-8,11,14-15,18-19,23-25H,9-10,12-13,16-17H2,1H3,(H,30,34)(H,31,35);(H,6,7)/t19-,24+,25-;/m0./s1. The summed E-state index contributed by atoms with van der Waals surface area (Å²) in [7, 11) is 0. The molecule has 0 bridgehead atoms. The molecule has 6 rings (SSSR count). The first-order chi connectivity index (χ1) is 20.5. The maximum absolute atomic E-state index is 12.9. The molecule has 43 heavy (non-hydrogen) atoms. The lowest BCUT2D eigenvalue weighted by Gasteiger charge is -2.34. The molecule has 1 saturated heterocycles. The summed E-state index contributed by atoms with van der Waals surface area (Å²) in [6.07, 6.45) is -2.28. The van der Waals surface area contributed by atoms with Gasteiger partial charge in [0, 0.05) is 37.6 Å². The van der Waals surface area contributed by atoms with E-state index in [4.69, 9.17) is 9.90 Å². The lowest BCUT2D eigenvalue weighted by Crippen LogP contribution is -2.45. The van der Waals surface area contributed by atoms with Crippen LogP contribution in [0.1, 0.15) is 43.7 Å². The number of hydrogen-bond donors (Lipinski definition) is 3. The highest BCUT2D eigenvalue weighted by atomic mass is 32.1. The fourth-order valence-electron chi connectivity index (χ4n) is 5.80. The van der Waals surface area contributed by atoms with Crippen molar-refractivity contribution >= 4 is 34.2 Å². The molecule has 4 aromatic rings. The summed E-state index contributed by atoms with van der Waals surface area (Å²) in [5.41, 5.74) is 5.44. The van der Waals surface area contributed by atoms with Crippen LogP contribution in [-0.2, 0) is 9.59 Å². The number of fused-ring (bicyclic) bond motifs is 1. The quantitative estimate of drug-likeness (QED) is 0.250. The Labute approximate surface area is 250 Å². The molecule has 3 N–H and O–H groups in total. The van der Waals surface area contributed by atoms with Gasteiger partial charge in [-0.2, -0.15) is 24.5 Å². The first-order valence-electron chi connectivity index (χ1n) is 14.2. The maximum Gasteiger partial charge on any atom is 0.490 e. The smallest absolute Gasteiger partial charge is 0.475 e. The summed E-state index contributed by atoms with van der Waals surface area (Å²) >= 11 is 1.68. The monoisotopic (exact) mass is 614 g/mol. The summed E-state index contributed by atoms with van der Waals surface area (Å²) in [6.45, 7) is 4.78. The normalized spacial score (nSPS) is 19.8. The number of imidazole rings is 1. The number of carbonyl (C=O) groups is 2. The number of hydrogen-bond acceptors (Lipinski definition) is 5. The molecule has 1 amide bonds. The van der Waals surface area contributed by atoms with E-state index in [0.29, 0.717) is 5.92 Å². The number of carbonyl (C=O) groups excluding carboxylic acids is 1. The molecular weight excluding hydrogens is 581 g/mol. The lowest BCUT2D eigenvalue weighted by molar-refractivity contribution is -0.192. The van der Waals surface area contributed by atoms with Crippen LogP contribution in [0, 0.1) is 5.92 Å². The number of alkyl halides is 3. The fourth-order valence-corrected chi connectivity index (χ4v) is 6.46. The number of piperidine rings is 1. The molecule has 1 aliphatic heterocycles. The molecule has 228 valence electrons. The Morgan fingerprint density at radius 2 is 1.79 bits per heavy atom. The number of likely N-dealkylation sites (tertiary alicyclic amines) is 1. The zero-order valence-corrected chi connectivity index (χ0v) is 24.3. The van der Waals surface area contributed by atoms with Crippen molar-refractivity contribution in [2.45, 2.75) is 50.4 Å². The Balaban J connectivity index is 0.000000472. The summed E-state index contributed by atoms with van der Waals surface area (Å²) in [5, 5.41) is 14.6. The Kier molecular flexibility index (Phi) is 9.07. The molecule has 8 nitrogen and oxygen atoms in total. The highest BCUT2D eigenvalue weighted by molar-refractivity contribution is 7.08. The van der Waals surface area contributed by atoms with Crippen LogP contribution in [-0.4, -0.2) is 63.3 Å². The summed E-state index contributed by atoms with van der Waals surface area (Å²) in [5.74, 6) is -2.11. The molecule has 3 heterocycles. The second-order valence-electron chi connectivity index (χ2n) is 11.1. The number of amides is 1. The van der Waals surface area contributed by atoms with Crippen molar-refractivity contribution in [1.82, 2.24) is 19.8 Å². The number of benzene rings is 2. The van der Waals surface area contributed by atoms with E-state index in [0.717, 1.165) is 55.5 Å². The minimum absolute atomic E-state index is 0.0241. The van der Waals surface area contributed by atoms with Crippen LogP contribution in [0.4, 0.5) is 13.2 Å². The van der Waals surface area contributed by atoms with Crippen molar-refractivity contribution in [2.24, 2.45) is 5.92 Å². The van der Waals surface area contributed by atoms with Gasteiger partial charge in [0.1, 0.15) is 0 Å². The van der Waals surface area contributed by atoms with Gasteiger partial charge >= 0.3 is 17.8 Å². The van der Waals surface area contributed by atoms with Gasteiger partial charge in [-0.25, -0.2) is 9.59 Å². The minimum atomic E-state index is -5.08. The molecule has 2 aromatic carbocycles. The van der Waals surface area contributed by atoms with Crippen molar-refractivity contribution in [3.05, 3.63) is 81.4 Å². The second-order valence-corrected chi connectivity index (χ2v) is 11.9. The third kappa shape index (κ3) is 7.37. The fraction of sp³-hybridized carbons (Fsp3) is 0.387. The molecule has 2 aliphatic rings.